The lowest BCUT2D eigenvalue weighted by Gasteiger charge is -2.38. The number of fused-ring (bicyclic) bond motifs is 1. The fraction of sp³-hybridized carbons (Fsp3) is 0.571. The Kier molecular flexibility index (Phi) is 2.81. The Labute approximate surface area is 103 Å². The molecule has 0 atom stereocenters. The molecule has 0 unspecified atom stereocenters. The van der Waals surface area contributed by atoms with E-state index in [4.69, 9.17) is 4.74 Å². The minimum Gasteiger partial charge on any atom is -0.493 e. The van der Waals surface area contributed by atoms with Crippen LogP contribution in [0.2, 0.25) is 0 Å². The van der Waals surface area contributed by atoms with E-state index >= 15 is 0 Å². The van der Waals surface area contributed by atoms with Crippen molar-refractivity contribution in [3.8, 4) is 5.75 Å². The fourth-order valence-electron chi connectivity index (χ4n) is 2.46. The van der Waals surface area contributed by atoms with E-state index in [9.17, 15) is 0 Å². The fourth-order valence-corrected chi connectivity index (χ4v) is 2.46. The smallest absolute Gasteiger partial charge is 0.119 e. The highest BCUT2D eigenvalue weighted by atomic mass is 16.5. The Morgan fingerprint density at radius 2 is 2.12 bits per heavy atom. The first-order chi connectivity index (χ1) is 8.25. The van der Waals surface area contributed by atoms with Crippen LogP contribution in [-0.4, -0.2) is 26.2 Å². The van der Waals surface area contributed by atoms with Gasteiger partial charge in [0.25, 0.3) is 0 Å². The Morgan fingerprint density at radius 3 is 2.88 bits per heavy atom. The average Bonchev–Trinajstić information content (AvgIpc) is 2.34. The van der Waals surface area contributed by atoms with Crippen LogP contribution in [-0.2, 0) is 13.0 Å². The molecule has 0 spiro atoms. The maximum absolute atomic E-state index is 5.91. The van der Waals surface area contributed by atoms with Gasteiger partial charge in [-0.25, -0.2) is 0 Å². The molecule has 17 heavy (non-hydrogen) atoms. The van der Waals surface area contributed by atoms with Crippen molar-refractivity contribution < 1.29 is 4.74 Å². The molecule has 2 aliphatic heterocycles. The van der Waals surface area contributed by atoms with Crippen molar-refractivity contribution >= 4 is 0 Å². The Hall–Kier alpha value is -1.06. The van der Waals surface area contributed by atoms with Crippen LogP contribution < -0.4 is 15.4 Å². The van der Waals surface area contributed by atoms with Crippen molar-refractivity contribution in [2.75, 3.05) is 26.2 Å². The number of ether oxygens (including phenoxy) is 1. The highest BCUT2D eigenvalue weighted by molar-refractivity contribution is 5.37. The third kappa shape index (κ3) is 2.31. The zero-order chi connectivity index (χ0) is 11.7. The van der Waals surface area contributed by atoms with Crippen LogP contribution in [0.3, 0.4) is 0 Å². The van der Waals surface area contributed by atoms with Gasteiger partial charge in [-0.3, -0.25) is 0 Å². The molecule has 3 heteroatoms. The lowest BCUT2D eigenvalue weighted by atomic mass is 9.85. The molecule has 0 aliphatic carbocycles. The quantitative estimate of drug-likeness (QED) is 0.824. The molecule has 92 valence electrons. The van der Waals surface area contributed by atoms with Crippen LogP contribution >= 0.6 is 0 Å². The van der Waals surface area contributed by atoms with Crippen molar-refractivity contribution in [1.29, 1.82) is 0 Å². The van der Waals surface area contributed by atoms with Gasteiger partial charge in [0.2, 0.25) is 0 Å². The zero-order valence-electron chi connectivity index (χ0n) is 10.4. The first-order valence-electron chi connectivity index (χ1n) is 6.41. The topological polar surface area (TPSA) is 33.3 Å². The average molecular weight is 232 g/mol. The van der Waals surface area contributed by atoms with E-state index in [0.717, 1.165) is 45.0 Å². The number of rotatable bonds is 3. The summed E-state index contributed by atoms with van der Waals surface area (Å²) in [6.45, 7) is 7.29. The van der Waals surface area contributed by atoms with Gasteiger partial charge in [0.1, 0.15) is 5.75 Å². The van der Waals surface area contributed by atoms with E-state index in [2.05, 4.69) is 35.8 Å². The summed E-state index contributed by atoms with van der Waals surface area (Å²) < 4.78 is 5.91. The van der Waals surface area contributed by atoms with Gasteiger partial charge in [-0.15, -0.1) is 0 Å². The Bertz CT molecular complexity index is 413. The second-order valence-corrected chi connectivity index (χ2v) is 5.56. The molecule has 1 saturated heterocycles. The zero-order valence-corrected chi connectivity index (χ0v) is 10.4. The molecule has 2 aliphatic rings. The summed E-state index contributed by atoms with van der Waals surface area (Å²) in [5.41, 5.74) is 3.19. The second-order valence-electron chi connectivity index (χ2n) is 5.56. The lowest BCUT2D eigenvalue weighted by Crippen LogP contribution is -2.54. The predicted molar refractivity (Wildman–Crippen MR) is 68.3 cm³/mol. The van der Waals surface area contributed by atoms with Crippen LogP contribution in [0.15, 0.2) is 18.2 Å². The van der Waals surface area contributed by atoms with Crippen LogP contribution in [0.4, 0.5) is 0 Å². The molecular formula is C14H20N2O. The largest absolute Gasteiger partial charge is 0.493 e. The van der Waals surface area contributed by atoms with E-state index in [0.29, 0.717) is 5.41 Å². The first-order valence-corrected chi connectivity index (χ1v) is 6.41. The second kappa shape index (κ2) is 4.31. The SMILES string of the molecule is CC1(COc2ccc3c(c2)CNCC3)CNC1. The van der Waals surface area contributed by atoms with Gasteiger partial charge in [-0.1, -0.05) is 13.0 Å². The highest BCUT2D eigenvalue weighted by Gasteiger charge is 2.32. The summed E-state index contributed by atoms with van der Waals surface area (Å²) in [5.74, 6) is 1.01. The molecule has 2 N–H and O–H groups in total. The lowest BCUT2D eigenvalue weighted by molar-refractivity contribution is 0.102. The molecule has 0 radical (unpaired) electrons. The van der Waals surface area contributed by atoms with Crippen molar-refractivity contribution in [2.24, 2.45) is 5.41 Å². The summed E-state index contributed by atoms with van der Waals surface area (Å²) in [6.07, 6.45) is 1.14. The summed E-state index contributed by atoms with van der Waals surface area (Å²) in [7, 11) is 0. The van der Waals surface area contributed by atoms with Crippen molar-refractivity contribution in [2.45, 2.75) is 19.9 Å². The van der Waals surface area contributed by atoms with Gasteiger partial charge in [0.15, 0.2) is 0 Å². The monoisotopic (exact) mass is 232 g/mol. The van der Waals surface area contributed by atoms with Crippen LogP contribution in [0.5, 0.6) is 5.75 Å². The van der Waals surface area contributed by atoms with E-state index in [-0.39, 0.29) is 0 Å². The predicted octanol–water partition coefficient (Wildman–Crippen LogP) is 1.32. The van der Waals surface area contributed by atoms with Gasteiger partial charge in [-0.05, 0) is 36.2 Å². The maximum atomic E-state index is 5.91. The van der Waals surface area contributed by atoms with Gasteiger partial charge < -0.3 is 15.4 Å². The van der Waals surface area contributed by atoms with Crippen molar-refractivity contribution in [1.82, 2.24) is 10.6 Å². The number of nitrogens with one attached hydrogen (secondary N) is 2. The molecule has 3 rings (SSSR count). The molecule has 2 heterocycles. The Balaban J connectivity index is 1.67. The Morgan fingerprint density at radius 1 is 1.24 bits per heavy atom. The molecule has 0 bridgehead atoms. The van der Waals surface area contributed by atoms with Crippen LogP contribution in [0.1, 0.15) is 18.1 Å². The van der Waals surface area contributed by atoms with Crippen molar-refractivity contribution in [3.05, 3.63) is 29.3 Å². The third-order valence-corrected chi connectivity index (χ3v) is 3.76. The molecular weight excluding hydrogens is 212 g/mol. The third-order valence-electron chi connectivity index (χ3n) is 3.76. The minimum atomic E-state index is 0.328. The van der Waals surface area contributed by atoms with E-state index in [1.54, 1.807) is 0 Å². The summed E-state index contributed by atoms with van der Waals surface area (Å²) in [5, 5.41) is 6.70. The van der Waals surface area contributed by atoms with E-state index < -0.39 is 0 Å². The van der Waals surface area contributed by atoms with Crippen LogP contribution in [0, 0.1) is 5.41 Å². The molecule has 0 aromatic heterocycles. The molecule has 0 amide bonds. The van der Waals surface area contributed by atoms with E-state index in [1.807, 2.05) is 0 Å². The standard InChI is InChI=1S/C14H20N2O/c1-14(8-16-9-14)10-17-13-3-2-11-4-5-15-7-12(11)6-13/h2-3,6,15-16H,4-5,7-10H2,1H3. The van der Waals surface area contributed by atoms with Gasteiger partial charge in [0, 0.05) is 25.0 Å². The highest BCUT2D eigenvalue weighted by Crippen LogP contribution is 2.25. The van der Waals surface area contributed by atoms with Gasteiger partial charge in [0.05, 0.1) is 6.61 Å². The molecule has 1 aromatic carbocycles. The molecule has 0 saturated carbocycles. The molecule has 3 nitrogen and oxygen atoms in total. The summed E-state index contributed by atoms with van der Waals surface area (Å²) >= 11 is 0. The van der Waals surface area contributed by atoms with E-state index in [1.165, 1.54) is 11.1 Å². The first kappa shape index (κ1) is 11.1. The maximum Gasteiger partial charge on any atom is 0.119 e. The number of hydrogen-bond donors (Lipinski definition) is 2. The molecule has 1 aromatic rings. The van der Waals surface area contributed by atoms with Crippen LogP contribution in [0.25, 0.3) is 0 Å². The summed E-state index contributed by atoms with van der Waals surface area (Å²) in [4.78, 5) is 0. The van der Waals surface area contributed by atoms with Crippen molar-refractivity contribution in [3.63, 3.8) is 0 Å². The number of benzene rings is 1. The van der Waals surface area contributed by atoms with Gasteiger partial charge >= 0.3 is 0 Å². The number of hydrogen-bond acceptors (Lipinski definition) is 3. The van der Waals surface area contributed by atoms with Gasteiger partial charge in [-0.2, -0.15) is 0 Å². The summed E-state index contributed by atoms with van der Waals surface area (Å²) in [6, 6.07) is 6.52. The minimum absolute atomic E-state index is 0.328. The molecule has 1 fully saturated rings. The normalized spacial score (nSPS) is 21.5.